The largest absolute Gasteiger partial charge is 0.507 e. The zero-order chi connectivity index (χ0) is 22.1. The Balaban J connectivity index is 1.87. The van der Waals surface area contributed by atoms with Crippen LogP contribution in [0, 0.1) is 12.7 Å². The van der Waals surface area contributed by atoms with Gasteiger partial charge < -0.3 is 10.0 Å². The molecular weight excluding hydrogens is 463 g/mol. The van der Waals surface area contributed by atoms with Crippen molar-refractivity contribution in [2.24, 2.45) is 0 Å². The minimum atomic E-state index is -0.849. The fraction of sp³-hybridized carbons (Fsp3) is 0.125. The highest BCUT2D eigenvalue weighted by molar-refractivity contribution is 9.10. The lowest BCUT2D eigenvalue weighted by Crippen LogP contribution is -2.29. The molecule has 5 nitrogen and oxygen atoms in total. The second-order valence-electron chi connectivity index (χ2n) is 7.30. The third-order valence-electron chi connectivity index (χ3n) is 5.26. The number of hydrogen-bond donors (Lipinski definition) is 1. The van der Waals surface area contributed by atoms with E-state index in [1.165, 1.54) is 29.2 Å². The van der Waals surface area contributed by atoms with Gasteiger partial charge >= 0.3 is 0 Å². The first-order chi connectivity index (χ1) is 14.9. The molecule has 1 aromatic heterocycles. The van der Waals surface area contributed by atoms with Crippen molar-refractivity contribution in [1.82, 2.24) is 9.88 Å². The zero-order valence-electron chi connectivity index (χ0n) is 16.5. The van der Waals surface area contributed by atoms with E-state index in [1.807, 2.05) is 6.92 Å². The first kappa shape index (κ1) is 20.9. The van der Waals surface area contributed by atoms with Gasteiger partial charge in [0.2, 0.25) is 0 Å². The molecule has 0 radical (unpaired) electrons. The van der Waals surface area contributed by atoms with Gasteiger partial charge in [0.1, 0.15) is 11.6 Å². The van der Waals surface area contributed by atoms with Crippen molar-refractivity contribution in [3.8, 4) is 0 Å². The predicted molar refractivity (Wildman–Crippen MR) is 117 cm³/mol. The number of nitrogens with zero attached hydrogens (tertiary/aromatic N) is 2. The monoisotopic (exact) mass is 480 g/mol. The predicted octanol–water partition coefficient (Wildman–Crippen LogP) is 4.91. The third-order valence-corrected chi connectivity index (χ3v) is 6.15. The summed E-state index contributed by atoms with van der Waals surface area (Å²) in [5.74, 6) is -2.19. The van der Waals surface area contributed by atoms with Gasteiger partial charge in [0.05, 0.1) is 11.6 Å². The fourth-order valence-corrected chi connectivity index (χ4v) is 3.91. The minimum absolute atomic E-state index is 0.0209. The molecule has 2 aromatic carbocycles. The van der Waals surface area contributed by atoms with Crippen LogP contribution in [0.3, 0.4) is 0 Å². The van der Waals surface area contributed by atoms with Crippen LogP contribution in [0.4, 0.5) is 4.39 Å². The van der Waals surface area contributed by atoms with Crippen molar-refractivity contribution in [3.05, 3.63) is 105 Å². The van der Waals surface area contributed by atoms with Gasteiger partial charge in [-0.3, -0.25) is 14.6 Å². The number of likely N-dealkylation sites (tertiary alicyclic amines) is 1. The van der Waals surface area contributed by atoms with Crippen molar-refractivity contribution < 1.29 is 19.1 Å². The van der Waals surface area contributed by atoms with Crippen LogP contribution in [0.5, 0.6) is 0 Å². The summed E-state index contributed by atoms with van der Waals surface area (Å²) in [5, 5.41) is 11.1. The normalized spacial score (nSPS) is 17.9. The molecule has 0 bridgehead atoms. The highest BCUT2D eigenvalue weighted by atomic mass is 79.9. The summed E-state index contributed by atoms with van der Waals surface area (Å²) in [6.07, 6.45) is 3.20. The van der Waals surface area contributed by atoms with Gasteiger partial charge in [-0.05, 0) is 60.0 Å². The summed E-state index contributed by atoms with van der Waals surface area (Å²) in [7, 11) is 0. The number of hydrogen-bond acceptors (Lipinski definition) is 4. The Kier molecular flexibility index (Phi) is 5.69. The number of carbonyl (C=O) groups excluding carboxylic acids is 2. The molecule has 0 aliphatic carbocycles. The molecule has 1 fully saturated rings. The smallest absolute Gasteiger partial charge is 0.295 e. The maximum atomic E-state index is 13.6. The number of benzene rings is 2. The van der Waals surface area contributed by atoms with Crippen molar-refractivity contribution in [2.45, 2.75) is 19.5 Å². The Morgan fingerprint density at radius 2 is 1.77 bits per heavy atom. The Morgan fingerprint density at radius 3 is 2.42 bits per heavy atom. The Labute approximate surface area is 187 Å². The molecular formula is C24H18BrFN2O3. The summed E-state index contributed by atoms with van der Waals surface area (Å²) < 4.78 is 14.4. The lowest BCUT2D eigenvalue weighted by atomic mass is 9.94. The van der Waals surface area contributed by atoms with Crippen molar-refractivity contribution in [2.75, 3.05) is 0 Å². The first-order valence-corrected chi connectivity index (χ1v) is 10.4. The number of amides is 1. The SMILES string of the molecule is Cc1cc(/C(O)=C2/C(=O)C(=O)N(Cc3ccncc3)C2c2ccc(F)cc2)ccc1Br. The molecule has 1 unspecified atom stereocenters. The molecule has 1 N–H and O–H groups in total. The average molecular weight is 481 g/mol. The van der Waals surface area contributed by atoms with Gasteiger partial charge in [-0.1, -0.05) is 34.1 Å². The number of rotatable bonds is 4. The molecule has 1 aliphatic rings. The number of Topliss-reactive ketones (excluding diaryl/α,β-unsaturated/α-hetero) is 1. The third kappa shape index (κ3) is 4.01. The molecule has 4 rings (SSSR count). The van der Waals surface area contributed by atoms with E-state index in [-0.39, 0.29) is 17.9 Å². The number of aryl methyl sites for hydroxylation is 1. The topological polar surface area (TPSA) is 70.5 Å². The van der Waals surface area contributed by atoms with Crippen LogP contribution >= 0.6 is 15.9 Å². The van der Waals surface area contributed by atoms with E-state index in [2.05, 4.69) is 20.9 Å². The quantitative estimate of drug-likeness (QED) is 0.327. The van der Waals surface area contributed by atoms with Crippen LogP contribution in [0.2, 0.25) is 0 Å². The van der Waals surface area contributed by atoms with E-state index in [4.69, 9.17) is 0 Å². The van der Waals surface area contributed by atoms with E-state index >= 15 is 0 Å². The molecule has 0 saturated carbocycles. The van der Waals surface area contributed by atoms with Gasteiger partial charge in [-0.15, -0.1) is 0 Å². The van der Waals surface area contributed by atoms with Crippen LogP contribution in [0.1, 0.15) is 28.3 Å². The van der Waals surface area contributed by atoms with E-state index in [0.29, 0.717) is 11.1 Å². The molecule has 1 amide bonds. The van der Waals surface area contributed by atoms with Crippen LogP contribution in [-0.4, -0.2) is 26.7 Å². The molecule has 1 aliphatic heterocycles. The van der Waals surface area contributed by atoms with Crippen molar-refractivity contribution in [1.29, 1.82) is 0 Å². The van der Waals surface area contributed by atoms with E-state index in [1.54, 1.807) is 42.7 Å². The number of aliphatic hydroxyl groups is 1. The second kappa shape index (κ2) is 8.43. The van der Waals surface area contributed by atoms with Crippen LogP contribution < -0.4 is 0 Å². The molecule has 7 heteroatoms. The number of halogens is 2. The van der Waals surface area contributed by atoms with E-state index < -0.39 is 23.5 Å². The second-order valence-corrected chi connectivity index (χ2v) is 8.15. The highest BCUT2D eigenvalue weighted by Gasteiger charge is 2.46. The number of ketones is 1. The summed E-state index contributed by atoms with van der Waals surface area (Å²) in [5.41, 5.74) is 2.59. The molecule has 1 atom stereocenters. The molecule has 1 saturated heterocycles. The summed E-state index contributed by atoms with van der Waals surface area (Å²) in [6, 6.07) is 13.4. The van der Waals surface area contributed by atoms with Gasteiger partial charge in [-0.2, -0.15) is 0 Å². The number of carbonyl (C=O) groups is 2. The molecule has 3 aromatic rings. The van der Waals surface area contributed by atoms with E-state index in [9.17, 15) is 19.1 Å². The molecule has 0 spiro atoms. The van der Waals surface area contributed by atoms with Crippen molar-refractivity contribution in [3.63, 3.8) is 0 Å². The summed E-state index contributed by atoms with van der Waals surface area (Å²) in [4.78, 5) is 31.3. The lowest BCUT2D eigenvalue weighted by Gasteiger charge is -2.25. The van der Waals surface area contributed by atoms with Crippen LogP contribution in [0.25, 0.3) is 5.76 Å². The first-order valence-electron chi connectivity index (χ1n) is 9.56. The van der Waals surface area contributed by atoms with Gasteiger partial charge in [-0.25, -0.2) is 4.39 Å². The standard InChI is InChI=1S/C24H18BrFN2O3/c1-14-12-17(4-7-19(14)25)22(29)20-21(16-2-5-18(26)6-3-16)28(24(31)23(20)30)13-15-8-10-27-11-9-15/h2-12,21,29H,13H2,1H3/b22-20-. The lowest BCUT2D eigenvalue weighted by molar-refractivity contribution is -0.140. The molecule has 156 valence electrons. The Morgan fingerprint density at radius 1 is 1.10 bits per heavy atom. The summed E-state index contributed by atoms with van der Waals surface area (Å²) >= 11 is 3.42. The average Bonchev–Trinajstić information content (AvgIpc) is 3.01. The number of pyridine rings is 1. The van der Waals surface area contributed by atoms with Crippen molar-refractivity contribution >= 4 is 33.4 Å². The van der Waals surface area contributed by atoms with Gasteiger partial charge in [0.15, 0.2) is 0 Å². The number of aromatic nitrogens is 1. The molecule has 31 heavy (non-hydrogen) atoms. The van der Waals surface area contributed by atoms with Crippen LogP contribution in [-0.2, 0) is 16.1 Å². The Hall–Kier alpha value is -3.32. The number of aliphatic hydroxyl groups excluding tert-OH is 1. The van der Waals surface area contributed by atoms with Gasteiger partial charge in [0, 0.05) is 29.0 Å². The van der Waals surface area contributed by atoms with E-state index in [0.717, 1.165) is 15.6 Å². The molecule has 2 heterocycles. The Bertz CT molecular complexity index is 1190. The van der Waals surface area contributed by atoms with Crippen LogP contribution in [0.15, 0.2) is 77.0 Å². The minimum Gasteiger partial charge on any atom is -0.507 e. The summed E-state index contributed by atoms with van der Waals surface area (Å²) in [6.45, 7) is 2.01. The maximum Gasteiger partial charge on any atom is 0.295 e. The van der Waals surface area contributed by atoms with Gasteiger partial charge in [0.25, 0.3) is 11.7 Å². The fourth-order valence-electron chi connectivity index (χ4n) is 3.67. The highest BCUT2D eigenvalue weighted by Crippen LogP contribution is 2.40. The zero-order valence-corrected chi connectivity index (χ0v) is 18.1. The maximum absolute atomic E-state index is 13.6.